The Kier molecular flexibility index (Phi) is 3.21. The lowest BCUT2D eigenvalue weighted by molar-refractivity contribution is -0.119. The minimum atomic E-state index is 0.0206. The molecule has 2 aromatic heterocycles. The van der Waals surface area contributed by atoms with E-state index >= 15 is 0 Å². The zero-order valence-electron chi connectivity index (χ0n) is 11.5. The average molecular weight is 291 g/mol. The monoisotopic (exact) mass is 291 g/mol. The van der Waals surface area contributed by atoms with Gasteiger partial charge in [-0.2, -0.15) is 4.98 Å². The molecule has 3 N–H and O–H groups in total. The number of nitrogens with one attached hydrogen (secondary N) is 1. The van der Waals surface area contributed by atoms with Gasteiger partial charge in [0.1, 0.15) is 10.6 Å². The van der Waals surface area contributed by atoms with Gasteiger partial charge in [0.25, 0.3) is 0 Å². The Morgan fingerprint density at radius 3 is 3.00 bits per heavy atom. The molecule has 1 aliphatic carbocycles. The maximum absolute atomic E-state index is 11.9. The molecule has 3 rings (SSSR count). The molecular formula is C13H17N5OS. The van der Waals surface area contributed by atoms with E-state index in [9.17, 15) is 4.79 Å². The summed E-state index contributed by atoms with van der Waals surface area (Å²) in [5.41, 5.74) is 5.75. The van der Waals surface area contributed by atoms with Gasteiger partial charge >= 0.3 is 0 Å². The number of anilines is 2. The third-order valence-electron chi connectivity index (χ3n) is 3.20. The van der Waals surface area contributed by atoms with Crippen LogP contribution in [0.2, 0.25) is 0 Å². The fourth-order valence-corrected chi connectivity index (χ4v) is 3.01. The SMILES string of the molecule is Cc1cc2c(N(C)CC(=O)NC3CC3)nc(N)nc2s1. The van der Waals surface area contributed by atoms with Crippen LogP contribution in [0.25, 0.3) is 10.2 Å². The number of carbonyl (C=O) groups is 1. The molecule has 20 heavy (non-hydrogen) atoms. The van der Waals surface area contributed by atoms with Gasteiger partial charge in [-0.05, 0) is 25.8 Å². The van der Waals surface area contributed by atoms with Crippen molar-refractivity contribution in [1.29, 1.82) is 0 Å². The van der Waals surface area contributed by atoms with Gasteiger partial charge in [0.15, 0.2) is 0 Å². The fraction of sp³-hybridized carbons (Fsp3) is 0.462. The molecule has 106 valence electrons. The van der Waals surface area contributed by atoms with Crippen molar-refractivity contribution in [1.82, 2.24) is 15.3 Å². The topological polar surface area (TPSA) is 84.1 Å². The fourth-order valence-electron chi connectivity index (χ4n) is 2.13. The standard InChI is InChI=1S/C13H17N5OS/c1-7-5-9-11(16-13(14)17-12(9)20-7)18(2)6-10(19)15-8-3-4-8/h5,8H,3-4,6H2,1-2H3,(H,15,19)(H2,14,16,17). The molecule has 0 unspecified atom stereocenters. The molecule has 1 fully saturated rings. The van der Waals surface area contributed by atoms with Crippen LogP contribution in [0.4, 0.5) is 11.8 Å². The van der Waals surface area contributed by atoms with E-state index in [2.05, 4.69) is 15.3 Å². The normalized spacial score (nSPS) is 14.5. The molecule has 2 aromatic rings. The van der Waals surface area contributed by atoms with E-state index < -0.39 is 0 Å². The smallest absolute Gasteiger partial charge is 0.239 e. The van der Waals surface area contributed by atoms with Gasteiger partial charge in [0.2, 0.25) is 11.9 Å². The van der Waals surface area contributed by atoms with Crippen molar-refractivity contribution in [2.24, 2.45) is 0 Å². The number of thiophene rings is 1. The summed E-state index contributed by atoms with van der Waals surface area (Å²) >= 11 is 1.58. The molecule has 1 amide bonds. The van der Waals surface area contributed by atoms with Crippen LogP contribution in [-0.4, -0.2) is 35.5 Å². The summed E-state index contributed by atoms with van der Waals surface area (Å²) in [6.07, 6.45) is 2.17. The zero-order chi connectivity index (χ0) is 14.3. The summed E-state index contributed by atoms with van der Waals surface area (Å²) in [7, 11) is 1.85. The van der Waals surface area contributed by atoms with Gasteiger partial charge in [0.05, 0.1) is 11.9 Å². The number of hydrogen-bond donors (Lipinski definition) is 2. The molecule has 0 radical (unpaired) electrons. The second-order valence-corrected chi connectivity index (χ2v) is 6.41. The Bertz CT molecular complexity index is 664. The summed E-state index contributed by atoms with van der Waals surface area (Å²) in [5, 5.41) is 3.92. The predicted molar refractivity (Wildman–Crippen MR) is 81.0 cm³/mol. The van der Waals surface area contributed by atoms with E-state index in [0.717, 1.165) is 27.9 Å². The van der Waals surface area contributed by atoms with Gasteiger partial charge in [-0.15, -0.1) is 11.3 Å². The number of nitrogen functional groups attached to an aromatic ring is 1. The highest BCUT2D eigenvalue weighted by molar-refractivity contribution is 7.18. The van der Waals surface area contributed by atoms with Gasteiger partial charge in [-0.25, -0.2) is 4.98 Å². The number of hydrogen-bond acceptors (Lipinski definition) is 6. The van der Waals surface area contributed by atoms with Crippen LogP contribution in [0.3, 0.4) is 0 Å². The Hall–Kier alpha value is -1.89. The highest BCUT2D eigenvalue weighted by Gasteiger charge is 2.24. The molecule has 6 nitrogen and oxygen atoms in total. The highest BCUT2D eigenvalue weighted by Crippen LogP contribution is 2.30. The largest absolute Gasteiger partial charge is 0.368 e. The summed E-state index contributed by atoms with van der Waals surface area (Å²) in [6.45, 7) is 2.29. The first kappa shape index (κ1) is 13.1. The van der Waals surface area contributed by atoms with Crippen molar-refractivity contribution in [3.05, 3.63) is 10.9 Å². The van der Waals surface area contributed by atoms with E-state index in [1.165, 1.54) is 0 Å². The van der Waals surface area contributed by atoms with Crippen molar-refractivity contribution >= 4 is 39.2 Å². The third-order valence-corrected chi connectivity index (χ3v) is 4.14. The molecular weight excluding hydrogens is 274 g/mol. The lowest BCUT2D eigenvalue weighted by Gasteiger charge is -2.18. The lowest BCUT2D eigenvalue weighted by Crippen LogP contribution is -2.36. The van der Waals surface area contributed by atoms with Gasteiger partial charge in [-0.1, -0.05) is 0 Å². The second kappa shape index (κ2) is 4.90. The van der Waals surface area contributed by atoms with Crippen LogP contribution in [0.15, 0.2) is 6.07 Å². The molecule has 2 heterocycles. The van der Waals surface area contributed by atoms with Gasteiger partial charge in [0, 0.05) is 18.0 Å². The first-order valence-electron chi connectivity index (χ1n) is 6.57. The average Bonchev–Trinajstić information content (AvgIpc) is 3.08. The van der Waals surface area contributed by atoms with Gasteiger partial charge < -0.3 is 16.0 Å². The molecule has 1 saturated carbocycles. The minimum absolute atomic E-state index is 0.0206. The van der Waals surface area contributed by atoms with E-state index in [1.807, 2.05) is 24.9 Å². The molecule has 0 aliphatic heterocycles. The maximum Gasteiger partial charge on any atom is 0.239 e. The first-order valence-corrected chi connectivity index (χ1v) is 7.39. The quantitative estimate of drug-likeness (QED) is 0.887. The molecule has 0 atom stereocenters. The number of carbonyl (C=O) groups excluding carboxylic acids is 1. The van der Waals surface area contributed by atoms with Crippen LogP contribution in [-0.2, 0) is 4.79 Å². The van der Waals surface area contributed by atoms with E-state index in [-0.39, 0.29) is 18.4 Å². The molecule has 7 heteroatoms. The molecule has 1 aliphatic rings. The Labute approximate surface area is 121 Å². The number of aromatic nitrogens is 2. The number of likely N-dealkylation sites (N-methyl/N-ethyl adjacent to an activating group) is 1. The summed E-state index contributed by atoms with van der Waals surface area (Å²) in [5.74, 6) is 0.971. The van der Waals surface area contributed by atoms with E-state index in [1.54, 1.807) is 11.3 Å². The summed E-state index contributed by atoms with van der Waals surface area (Å²) < 4.78 is 0. The van der Waals surface area contributed by atoms with Crippen molar-refractivity contribution < 1.29 is 4.79 Å². The summed E-state index contributed by atoms with van der Waals surface area (Å²) in [4.78, 5) is 24.2. The van der Waals surface area contributed by atoms with E-state index in [0.29, 0.717) is 11.9 Å². The summed E-state index contributed by atoms with van der Waals surface area (Å²) in [6, 6.07) is 2.40. The Morgan fingerprint density at radius 1 is 1.55 bits per heavy atom. The predicted octanol–water partition coefficient (Wildman–Crippen LogP) is 1.30. The zero-order valence-corrected chi connectivity index (χ0v) is 12.3. The van der Waals surface area contributed by atoms with Crippen LogP contribution in [0, 0.1) is 6.92 Å². The number of nitrogens with zero attached hydrogens (tertiary/aromatic N) is 3. The van der Waals surface area contributed by atoms with Crippen LogP contribution in [0.1, 0.15) is 17.7 Å². The number of fused-ring (bicyclic) bond motifs is 1. The molecule has 0 saturated heterocycles. The number of rotatable bonds is 4. The molecule has 0 bridgehead atoms. The van der Waals surface area contributed by atoms with Crippen molar-refractivity contribution in [3.8, 4) is 0 Å². The van der Waals surface area contributed by atoms with Crippen LogP contribution >= 0.6 is 11.3 Å². The Morgan fingerprint density at radius 2 is 2.30 bits per heavy atom. The lowest BCUT2D eigenvalue weighted by atomic mass is 10.3. The van der Waals surface area contributed by atoms with Crippen molar-refractivity contribution in [2.75, 3.05) is 24.2 Å². The molecule has 0 aromatic carbocycles. The van der Waals surface area contributed by atoms with Gasteiger partial charge in [-0.3, -0.25) is 4.79 Å². The van der Waals surface area contributed by atoms with Crippen LogP contribution < -0.4 is 16.0 Å². The molecule has 0 spiro atoms. The first-order chi connectivity index (χ1) is 9.52. The highest BCUT2D eigenvalue weighted by atomic mass is 32.1. The number of aryl methyl sites for hydroxylation is 1. The second-order valence-electron chi connectivity index (χ2n) is 5.18. The van der Waals surface area contributed by atoms with Crippen LogP contribution in [0.5, 0.6) is 0 Å². The Balaban J connectivity index is 1.85. The van der Waals surface area contributed by atoms with E-state index in [4.69, 9.17) is 5.73 Å². The minimum Gasteiger partial charge on any atom is -0.368 e. The third kappa shape index (κ3) is 2.67. The van der Waals surface area contributed by atoms with Crippen molar-refractivity contribution in [3.63, 3.8) is 0 Å². The number of nitrogens with two attached hydrogens (primary N) is 1. The maximum atomic E-state index is 11.9. The van der Waals surface area contributed by atoms with Crippen molar-refractivity contribution in [2.45, 2.75) is 25.8 Å². The number of amides is 1.